The van der Waals surface area contributed by atoms with Gasteiger partial charge in [0.2, 0.25) is 11.8 Å². The maximum atomic E-state index is 13.2. The predicted octanol–water partition coefficient (Wildman–Crippen LogP) is 3.17. The highest BCUT2D eigenvalue weighted by molar-refractivity contribution is 5.97. The van der Waals surface area contributed by atoms with Crippen LogP contribution in [-0.2, 0) is 16.0 Å². The third-order valence-corrected chi connectivity index (χ3v) is 4.22. The SMILES string of the molecule is CC(=O)N1CCc2cc(N[C@@H](C)C(=O)Nc3cccc(F)c3)ccc21. The van der Waals surface area contributed by atoms with Gasteiger partial charge in [-0.25, -0.2) is 4.39 Å². The zero-order valence-corrected chi connectivity index (χ0v) is 14.2. The molecule has 6 heteroatoms. The molecule has 0 radical (unpaired) electrons. The average Bonchev–Trinajstić information content (AvgIpc) is 2.98. The van der Waals surface area contributed by atoms with Crippen molar-refractivity contribution in [1.82, 2.24) is 0 Å². The molecule has 2 aromatic carbocycles. The van der Waals surface area contributed by atoms with Crippen LogP contribution in [0.5, 0.6) is 0 Å². The average molecular weight is 341 g/mol. The lowest BCUT2D eigenvalue weighted by Crippen LogP contribution is -2.31. The smallest absolute Gasteiger partial charge is 0.246 e. The number of carbonyl (C=O) groups is 2. The molecule has 3 rings (SSSR count). The number of anilines is 3. The minimum absolute atomic E-state index is 0.0299. The van der Waals surface area contributed by atoms with E-state index in [0.717, 1.165) is 23.4 Å². The molecule has 5 nitrogen and oxygen atoms in total. The van der Waals surface area contributed by atoms with E-state index in [0.29, 0.717) is 12.2 Å². The number of nitrogens with zero attached hydrogens (tertiary/aromatic N) is 1. The fourth-order valence-electron chi connectivity index (χ4n) is 2.95. The molecule has 0 unspecified atom stereocenters. The van der Waals surface area contributed by atoms with Crippen molar-refractivity contribution < 1.29 is 14.0 Å². The van der Waals surface area contributed by atoms with Crippen molar-refractivity contribution in [3.05, 3.63) is 53.8 Å². The molecule has 2 amide bonds. The quantitative estimate of drug-likeness (QED) is 0.898. The van der Waals surface area contributed by atoms with Crippen LogP contribution in [0, 0.1) is 5.82 Å². The number of benzene rings is 2. The summed E-state index contributed by atoms with van der Waals surface area (Å²) in [6, 6.07) is 11.0. The van der Waals surface area contributed by atoms with Crippen LogP contribution in [-0.4, -0.2) is 24.4 Å². The Hall–Kier alpha value is -2.89. The van der Waals surface area contributed by atoms with Crippen LogP contribution in [0.2, 0.25) is 0 Å². The first kappa shape index (κ1) is 17.0. The van der Waals surface area contributed by atoms with E-state index in [9.17, 15) is 14.0 Å². The highest BCUT2D eigenvalue weighted by Crippen LogP contribution is 2.30. The number of hydrogen-bond donors (Lipinski definition) is 2. The molecule has 0 bridgehead atoms. The molecule has 0 aliphatic carbocycles. The second kappa shape index (κ2) is 6.93. The topological polar surface area (TPSA) is 61.4 Å². The van der Waals surface area contributed by atoms with Gasteiger partial charge in [0.05, 0.1) is 0 Å². The highest BCUT2D eigenvalue weighted by atomic mass is 19.1. The van der Waals surface area contributed by atoms with Gasteiger partial charge in [0.25, 0.3) is 0 Å². The number of hydrogen-bond acceptors (Lipinski definition) is 3. The Balaban J connectivity index is 1.66. The molecule has 1 atom stereocenters. The number of halogens is 1. The first-order chi connectivity index (χ1) is 11.9. The van der Waals surface area contributed by atoms with Gasteiger partial charge in [-0.3, -0.25) is 9.59 Å². The summed E-state index contributed by atoms with van der Waals surface area (Å²) in [5.74, 6) is -0.620. The summed E-state index contributed by atoms with van der Waals surface area (Å²) in [5, 5.41) is 5.82. The Morgan fingerprint density at radius 2 is 1.96 bits per heavy atom. The Morgan fingerprint density at radius 1 is 1.16 bits per heavy atom. The maximum Gasteiger partial charge on any atom is 0.246 e. The van der Waals surface area contributed by atoms with E-state index in [1.807, 2.05) is 18.2 Å². The Morgan fingerprint density at radius 3 is 2.68 bits per heavy atom. The van der Waals surface area contributed by atoms with Gasteiger partial charge < -0.3 is 15.5 Å². The van der Waals surface area contributed by atoms with Crippen LogP contribution in [0.25, 0.3) is 0 Å². The van der Waals surface area contributed by atoms with E-state index in [-0.39, 0.29) is 11.8 Å². The van der Waals surface area contributed by atoms with Crippen LogP contribution in [0.4, 0.5) is 21.5 Å². The van der Waals surface area contributed by atoms with Gasteiger partial charge in [-0.2, -0.15) is 0 Å². The number of fused-ring (bicyclic) bond motifs is 1. The summed E-state index contributed by atoms with van der Waals surface area (Å²) in [6.07, 6.45) is 0.800. The molecule has 1 aliphatic rings. The van der Waals surface area contributed by atoms with Crippen LogP contribution in [0.3, 0.4) is 0 Å². The molecule has 0 saturated carbocycles. The summed E-state index contributed by atoms with van der Waals surface area (Å²) in [5.41, 5.74) is 3.24. The van der Waals surface area contributed by atoms with E-state index in [4.69, 9.17) is 0 Å². The molecule has 0 fully saturated rings. The Bertz CT molecular complexity index is 822. The van der Waals surface area contributed by atoms with Crippen LogP contribution in [0.1, 0.15) is 19.4 Å². The van der Waals surface area contributed by atoms with Crippen LogP contribution < -0.4 is 15.5 Å². The predicted molar refractivity (Wildman–Crippen MR) is 96.3 cm³/mol. The van der Waals surface area contributed by atoms with Crippen molar-refractivity contribution in [2.24, 2.45) is 0 Å². The molecular weight excluding hydrogens is 321 g/mol. The monoisotopic (exact) mass is 341 g/mol. The summed E-state index contributed by atoms with van der Waals surface area (Å²) in [7, 11) is 0. The van der Waals surface area contributed by atoms with Gasteiger partial charge in [0.1, 0.15) is 11.9 Å². The second-order valence-corrected chi connectivity index (χ2v) is 6.13. The number of rotatable bonds is 4. The van der Waals surface area contributed by atoms with Gasteiger partial charge in [-0.05, 0) is 55.3 Å². The molecular formula is C19H20FN3O2. The first-order valence-corrected chi connectivity index (χ1v) is 8.18. The van der Waals surface area contributed by atoms with Gasteiger partial charge in [-0.15, -0.1) is 0 Å². The lowest BCUT2D eigenvalue weighted by Gasteiger charge is -2.17. The van der Waals surface area contributed by atoms with E-state index in [1.165, 1.54) is 12.1 Å². The standard InChI is InChI=1S/C19H20FN3O2/c1-12(19(25)22-16-5-3-4-15(20)11-16)21-17-6-7-18-14(10-17)8-9-23(18)13(2)24/h3-7,10-12,21H,8-9H2,1-2H3,(H,22,25)/t12-/m0/s1. The van der Waals surface area contributed by atoms with Gasteiger partial charge in [-0.1, -0.05) is 6.07 Å². The maximum absolute atomic E-state index is 13.2. The second-order valence-electron chi connectivity index (χ2n) is 6.13. The molecule has 130 valence electrons. The molecule has 25 heavy (non-hydrogen) atoms. The molecule has 0 aromatic heterocycles. The molecule has 2 N–H and O–H groups in total. The molecule has 1 heterocycles. The molecule has 2 aromatic rings. The minimum Gasteiger partial charge on any atom is -0.374 e. The fraction of sp³-hybridized carbons (Fsp3) is 0.263. The normalized spacial score (nSPS) is 14.0. The largest absolute Gasteiger partial charge is 0.374 e. The van der Waals surface area contributed by atoms with Gasteiger partial charge in [0, 0.05) is 30.5 Å². The summed E-state index contributed by atoms with van der Waals surface area (Å²) < 4.78 is 13.2. The van der Waals surface area contributed by atoms with E-state index in [1.54, 1.807) is 30.9 Å². The van der Waals surface area contributed by atoms with E-state index >= 15 is 0 Å². The third kappa shape index (κ3) is 3.79. The van der Waals surface area contributed by atoms with Gasteiger partial charge in [0.15, 0.2) is 0 Å². The Labute approximate surface area is 145 Å². The van der Waals surface area contributed by atoms with Crippen LogP contribution >= 0.6 is 0 Å². The third-order valence-electron chi connectivity index (χ3n) is 4.22. The zero-order valence-electron chi connectivity index (χ0n) is 14.2. The van der Waals surface area contributed by atoms with Crippen molar-refractivity contribution in [2.75, 3.05) is 22.1 Å². The molecule has 0 spiro atoms. The van der Waals surface area contributed by atoms with Crippen molar-refractivity contribution in [2.45, 2.75) is 26.3 Å². The lowest BCUT2D eigenvalue weighted by atomic mass is 10.1. The summed E-state index contributed by atoms with van der Waals surface area (Å²) >= 11 is 0. The lowest BCUT2D eigenvalue weighted by molar-refractivity contribution is -0.117. The van der Waals surface area contributed by atoms with Gasteiger partial charge >= 0.3 is 0 Å². The minimum atomic E-state index is -0.494. The van der Waals surface area contributed by atoms with Crippen LogP contribution in [0.15, 0.2) is 42.5 Å². The molecule has 1 aliphatic heterocycles. The van der Waals surface area contributed by atoms with Crippen molar-refractivity contribution in [1.29, 1.82) is 0 Å². The summed E-state index contributed by atoms with van der Waals surface area (Å²) in [6.45, 7) is 3.98. The number of carbonyl (C=O) groups excluding carboxylic acids is 2. The van der Waals surface area contributed by atoms with E-state index in [2.05, 4.69) is 10.6 Å². The van der Waals surface area contributed by atoms with E-state index < -0.39 is 11.9 Å². The number of amides is 2. The molecule has 0 saturated heterocycles. The first-order valence-electron chi connectivity index (χ1n) is 8.18. The summed E-state index contributed by atoms with van der Waals surface area (Å²) in [4.78, 5) is 25.6. The van der Waals surface area contributed by atoms with Crippen molar-refractivity contribution in [3.63, 3.8) is 0 Å². The highest BCUT2D eigenvalue weighted by Gasteiger charge is 2.22. The number of nitrogens with one attached hydrogen (secondary N) is 2. The van der Waals surface area contributed by atoms with Crippen molar-refractivity contribution in [3.8, 4) is 0 Å². The fourth-order valence-corrected chi connectivity index (χ4v) is 2.95. The van der Waals surface area contributed by atoms with Crippen molar-refractivity contribution >= 4 is 28.9 Å². The Kier molecular flexibility index (Phi) is 4.70. The zero-order chi connectivity index (χ0) is 18.0.